The number of hydrogen-bond donors (Lipinski definition) is 2. The maximum absolute atomic E-state index is 13.0. The number of carbonyl (C=O) groups is 2. The van der Waals surface area contributed by atoms with Gasteiger partial charge in [-0.25, -0.2) is 4.98 Å². The van der Waals surface area contributed by atoms with E-state index in [-0.39, 0.29) is 18.4 Å². The number of H-pyrrole nitrogens is 1. The Morgan fingerprint density at radius 3 is 2.92 bits per heavy atom. The van der Waals surface area contributed by atoms with Crippen molar-refractivity contribution in [3.05, 3.63) is 30.1 Å². The van der Waals surface area contributed by atoms with Gasteiger partial charge in [-0.2, -0.15) is 0 Å². The fourth-order valence-corrected chi connectivity index (χ4v) is 3.65. The third kappa shape index (κ3) is 3.83. The molecule has 2 heterocycles. The van der Waals surface area contributed by atoms with E-state index in [1.54, 1.807) is 0 Å². The largest absolute Gasteiger partial charge is 0.481 e. The van der Waals surface area contributed by atoms with Crippen LogP contribution in [0, 0.1) is 5.92 Å². The number of carbonyl (C=O) groups excluding carboxylic acids is 1. The molecule has 2 N–H and O–H groups in total. The van der Waals surface area contributed by atoms with Crippen molar-refractivity contribution in [1.29, 1.82) is 0 Å². The molecule has 1 aromatic carbocycles. The van der Waals surface area contributed by atoms with Crippen molar-refractivity contribution in [2.75, 3.05) is 6.54 Å². The summed E-state index contributed by atoms with van der Waals surface area (Å²) in [5.41, 5.74) is 1.86. The number of nitrogens with one attached hydrogen (secondary N) is 1. The van der Waals surface area contributed by atoms with Gasteiger partial charge in [0.25, 0.3) is 0 Å². The minimum Gasteiger partial charge on any atom is -0.481 e. The van der Waals surface area contributed by atoms with Gasteiger partial charge in [-0.15, -0.1) is 0 Å². The molecule has 25 heavy (non-hydrogen) atoms. The molecule has 134 valence electrons. The molecule has 2 atom stereocenters. The third-order valence-corrected chi connectivity index (χ3v) is 4.94. The molecule has 1 amide bonds. The Morgan fingerprint density at radius 2 is 2.20 bits per heavy atom. The molecule has 0 saturated carbocycles. The standard InChI is InChI=1S/C19H25N3O3/c1-2-3-7-13(12-17(23)24)19(25)22-11-6-10-16(22)18-20-14-8-4-5-9-15(14)21-18/h4-5,8-9,13,16H,2-3,6-7,10-12H2,1H3,(H,20,21)(H,23,24)/t13-,16+/m1/s1. The van der Waals surface area contributed by atoms with E-state index in [0.29, 0.717) is 13.0 Å². The summed E-state index contributed by atoms with van der Waals surface area (Å²) in [6, 6.07) is 7.73. The van der Waals surface area contributed by atoms with Gasteiger partial charge in [0.15, 0.2) is 0 Å². The number of amides is 1. The number of para-hydroxylation sites is 2. The van der Waals surface area contributed by atoms with E-state index in [4.69, 9.17) is 5.11 Å². The zero-order valence-corrected chi connectivity index (χ0v) is 14.6. The van der Waals surface area contributed by atoms with Crippen molar-refractivity contribution < 1.29 is 14.7 Å². The van der Waals surface area contributed by atoms with Crippen LogP contribution in [-0.4, -0.2) is 38.4 Å². The van der Waals surface area contributed by atoms with E-state index in [1.165, 1.54) is 0 Å². The summed E-state index contributed by atoms with van der Waals surface area (Å²) in [5, 5.41) is 9.16. The second kappa shape index (κ2) is 7.68. The van der Waals surface area contributed by atoms with Gasteiger partial charge in [0.05, 0.1) is 23.5 Å². The van der Waals surface area contributed by atoms with Gasteiger partial charge < -0.3 is 15.0 Å². The highest BCUT2D eigenvalue weighted by atomic mass is 16.4. The number of carboxylic acid groups (broad SMARTS) is 1. The number of carboxylic acids is 1. The summed E-state index contributed by atoms with van der Waals surface area (Å²) in [5.74, 6) is -0.591. The molecule has 3 rings (SSSR count). The van der Waals surface area contributed by atoms with Crippen molar-refractivity contribution in [3.63, 3.8) is 0 Å². The smallest absolute Gasteiger partial charge is 0.304 e. The quantitative estimate of drug-likeness (QED) is 0.805. The molecular weight excluding hydrogens is 318 g/mol. The normalized spacial score (nSPS) is 18.6. The van der Waals surface area contributed by atoms with Crippen molar-refractivity contribution in [2.45, 2.75) is 51.5 Å². The Bertz CT molecular complexity index is 722. The number of hydrogen-bond acceptors (Lipinski definition) is 3. The molecule has 0 aliphatic carbocycles. The van der Waals surface area contributed by atoms with E-state index < -0.39 is 11.9 Å². The monoisotopic (exact) mass is 343 g/mol. The molecule has 0 unspecified atom stereocenters. The van der Waals surface area contributed by atoms with Gasteiger partial charge in [-0.3, -0.25) is 9.59 Å². The lowest BCUT2D eigenvalue weighted by Gasteiger charge is -2.27. The lowest BCUT2D eigenvalue weighted by molar-refractivity contribution is -0.145. The van der Waals surface area contributed by atoms with Crippen molar-refractivity contribution in [2.24, 2.45) is 5.92 Å². The summed E-state index contributed by atoms with van der Waals surface area (Å²) < 4.78 is 0. The maximum atomic E-state index is 13.0. The van der Waals surface area contributed by atoms with Crippen molar-refractivity contribution in [1.82, 2.24) is 14.9 Å². The number of nitrogens with zero attached hydrogens (tertiary/aromatic N) is 2. The van der Waals surface area contributed by atoms with Crippen LogP contribution >= 0.6 is 0 Å². The van der Waals surface area contributed by atoms with Crippen molar-refractivity contribution in [3.8, 4) is 0 Å². The lowest BCUT2D eigenvalue weighted by atomic mass is 9.96. The molecule has 0 spiro atoms. The molecule has 0 radical (unpaired) electrons. The molecule has 2 aromatic rings. The highest BCUT2D eigenvalue weighted by Crippen LogP contribution is 2.33. The average molecular weight is 343 g/mol. The Labute approximate surface area is 147 Å². The van der Waals surface area contributed by atoms with Gasteiger partial charge in [0, 0.05) is 12.5 Å². The van der Waals surface area contributed by atoms with E-state index in [1.807, 2.05) is 29.2 Å². The zero-order chi connectivity index (χ0) is 17.8. The van der Waals surface area contributed by atoms with Crippen LogP contribution in [0.25, 0.3) is 11.0 Å². The van der Waals surface area contributed by atoms with Crippen molar-refractivity contribution >= 4 is 22.9 Å². The minimum atomic E-state index is -0.908. The van der Waals surface area contributed by atoms with Crippen LogP contribution in [0.5, 0.6) is 0 Å². The number of aromatic nitrogens is 2. The molecule has 6 heteroatoms. The Morgan fingerprint density at radius 1 is 1.40 bits per heavy atom. The number of rotatable bonds is 7. The number of aliphatic carboxylic acids is 1. The molecule has 1 aliphatic rings. The number of fused-ring (bicyclic) bond motifs is 1. The zero-order valence-electron chi connectivity index (χ0n) is 14.6. The number of imidazole rings is 1. The van der Waals surface area contributed by atoms with Gasteiger partial charge in [0.2, 0.25) is 5.91 Å². The molecule has 1 aromatic heterocycles. The van der Waals surface area contributed by atoms with Crippen LogP contribution < -0.4 is 0 Å². The topological polar surface area (TPSA) is 86.3 Å². The van der Waals surface area contributed by atoms with Crippen LogP contribution in [0.15, 0.2) is 24.3 Å². The van der Waals surface area contributed by atoms with E-state index in [2.05, 4.69) is 16.9 Å². The summed E-state index contributed by atoms with van der Waals surface area (Å²) >= 11 is 0. The molecule has 1 fully saturated rings. The SMILES string of the molecule is CCCC[C@H](CC(=O)O)C(=O)N1CCC[C@H]1c1nc2ccccc2[nH]1. The van der Waals surface area contributed by atoms with Crippen LogP contribution in [0.1, 0.15) is 57.3 Å². The molecule has 1 aliphatic heterocycles. The van der Waals surface area contributed by atoms with E-state index in [0.717, 1.165) is 42.5 Å². The maximum Gasteiger partial charge on any atom is 0.304 e. The average Bonchev–Trinajstić information content (AvgIpc) is 3.23. The van der Waals surface area contributed by atoms with Gasteiger partial charge in [-0.05, 0) is 31.4 Å². The predicted molar refractivity (Wildman–Crippen MR) is 95.0 cm³/mol. The number of likely N-dealkylation sites (tertiary alicyclic amines) is 1. The van der Waals surface area contributed by atoms with Crippen LogP contribution in [0.4, 0.5) is 0 Å². The molecule has 6 nitrogen and oxygen atoms in total. The first kappa shape index (κ1) is 17.5. The van der Waals surface area contributed by atoms with Gasteiger partial charge in [0.1, 0.15) is 5.82 Å². The summed E-state index contributed by atoms with van der Waals surface area (Å²) in [4.78, 5) is 34.0. The summed E-state index contributed by atoms with van der Waals surface area (Å²) in [6.45, 7) is 2.72. The Kier molecular flexibility index (Phi) is 5.36. The fourth-order valence-electron chi connectivity index (χ4n) is 3.65. The number of benzene rings is 1. The first-order valence-electron chi connectivity index (χ1n) is 9.07. The first-order valence-corrected chi connectivity index (χ1v) is 9.07. The minimum absolute atomic E-state index is 0.0428. The molecule has 1 saturated heterocycles. The predicted octanol–water partition coefficient (Wildman–Crippen LogP) is 3.51. The van der Waals surface area contributed by atoms with Crippen LogP contribution in [0.2, 0.25) is 0 Å². The number of unbranched alkanes of at least 4 members (excludes halogenated alkanes) is 1. The van der Waals surface area contributed by atoms with E-state index >= 15 is 0 Å². The fraction of sp³-hybridized carbons (Fsp3) is 0.526. The summed E-state index contributed by atoms with van der Waals surface area (Å²) in [6.07, 6.45) is 4.14. The highest BCUT2D eigenvalue weighted by Gasteiger charge is 2.36. The van der Waals surface area contributed by atoms with E-state index in [9.17, 15) is 9.59 Å². The lowest BCUT2D eigenvalue weighted by Crippen LogP contribution is -2.37. The number of aromatic amines is 1. The summed E-state index contributed by atoms with van der Waals surface area (Å²) in [7, 11) is 0. The highest BCUT2D eigenvalue weighted by molar-refractivity contribution is 5.84. The molecular formula is C19H25N3O3. The second-order valence-corrected chi connectivity index (χ2v) is 6.77. The Hall–Kier alpha value is -2.37. The first-order chi connectivity index (χ1) is 12.1. The van der Waals surface area contributed by atoms with Gasteiger partial charge >= 0.3 is 5.97 Å². The molecule has 0 bridgehead atoms. The van der Waals surface area contributed by atoms with Crippen LogP contribution in [-0.2, 0) is 9.59 Å². The second-order valence-electron chi connectivity index (χ2n) is 6.77. The Balaban J connectivity index is 1.81. The van der Waals surface area contributed by atoms with Gasteiger partial charge in [-0.1, -0.05) is 31.9 Å². The van der Waals surface area contributed by atoms with Crippen LogP contribution in [0.3, 0.4) is 0 Å². The third-order valence-electron chi connectivity index (χ3n) is 4.94.